The smallest absolute Gasteiger partial charge is 0.206 e. The molecule has 5 heteroatoms. The number of rotatable bonds is 5. The van der Waals surface area contributed by atoms with Crippen LogP contribution in [0.25, 0.3) is 33.0 Å². The summed E-state index contributed by atoms with van der Waals surface area (Å²) in [4.78, 5) is 0. The number of allylic oxidation sites excluding steroid dienone is 1. The molecule has 0 nitrogen and oxygen atoms in total. The summed E-state index contributed by atoms with van der Waals surface area (Å²) in [5, 5.41) is 2.09. The number of hydrogen-bond acceptors (Lipinski definition) is 0. The van der Waals surface area contributed by atoms with E-state index < -0.39 is 23.4 Å². The second-order valence-corrected chi connectivity index (χ2v) is 7.61. The summed E-state index contributed by atoms with van der Waals surface area (Å²) in [7, 11) is 0. The third-order valence-electron chi connectivity index (χ3n) is 5.43. The molecular formula is C27H19F5. The molecule has 0 heterocycles. The normalized spacial score (nSPS) is 11.7. The van der Waals surface area contributed by atoms with E-state index in [1.54, 1.807) is 6.07 Å². The molecular weight excluding hydrogens is 419 g/mol. The molecule has 0 atom stereocenters. The van der Waals surface area contributed by atoms with Crippen LogP contribution in [0.5, 0.6) is 0 Å². The maximum atomic E-state index is 14.8. The van der Waals surface area contributed by atoms with E-state index in [0.717, 1.165) is 35.2 Å². The van der Waals surface area contributed by atoms with Crippen LogP contribution in [0.15, 0.2) is 85.5 Å². The van der Waals surface area contributed by atoms with Crippen LogP contribution in [0, 0.1) is 11.6 Å². The highest BCUT2D eigenvalue weighted by Crippen LogP contribution is 2.35. The summed E-state index contributed by atoms with van der Waals surface area (Å²) in [6.07, 6.45) is -1.10. The minimum atomic E-state index is -4.80. The number of fused-ring (bicyclic) bond motifs is 1. The van der Waals surface area contributed by atoms with E-state index in [1.807, 2.05) is 30.3 Å². The molecule has 0 saturated heterocycles. The Labute approximate surface area is 182 Å². The van der Waals surface area contributed by atoms with Gasteiger partial charge in [0.1, 0.15) is 11.6 Å². The van der Waals surface area contributed by atoms with E-state index in [4.69, 9.17) is 0 Å². The van der Waals surface area contributed by atoms with Crippen molar-refractivity contribution < 1.29 is 22.0 Å². The molecule has 0 aliphatic rings. The van der Waals surface area contributed by atoms with Gasteiger partial charge in [0.2, 0.25) is 0 Å². The van der Waals surface area contributed by atoms with E-state index in [0.29, 0.717) is 17.7 Å². The maximum Gasteiger partial charge on any atom is 0.419 e. The predicted molar refractivity (Wildman–Crippen MR) is 118 cm³/mol. The summed E-state index contributed by atoms with van der Waals surface area (Å²) in [5.41, 5.74) is 1.35. The molecule has 0 radical (unpaired) electrons. The summed E-state index contributed by atoms with van der Waals surface area (Å²) in [6.45, 7) is 3.74. The van der Waals surface area contributed by atoms with E-state index in [2.05, 4.69) is 18.7 Å². The first-order valence-corrected chi connectivity index (χ1v) is 10.1. The molecule has 0 aromatic heterocycles. The van der Waals surface area contributed by atoms with Crippen molar-refractivity contribution in [3.05, 3.63) is 108 Å². The average molecular weight is 438 g/mol. The fourth-order valence-electron chi connectivity index (χ4n) is 3.74. The van der Waals surface area contributed by atoms with E-state index in [1.165, 1.54) is 17.7 Å². The minimum absolute atomic E-state index is 0.0361. The lowest BCUT2D eigenvalue weighted by Crippen LogP contribution is -2.07. The van der Waals surface area contributed by atoms with Gasteiger partial charge in [0.25, 0.3) is 0 Å². The van der Waals surface area contributed by atoms with Crippen molar-refractivity contribution in [1.82, 2.24) is 0 Å². The van der Waals surface area contributed by atoms with Crippen LogP contribution in [0.3, 0.4) is 0 Å². The molecule has 4 rings (SSSR count). The zero-order valence-corrected chi connectivity index (χ0v) is 17.0. The largest absolute Gasteiger partial charge is 0.419 e. The van der Waals surface area contributed by atoms with Crippen LogP contribution < -0.4 is 0 Å². The number of alkyl halides is 3. The van der Waals surface area contributed by atoms with Crippen molar-refractivity contribution in [1.29, 1.82) is 0 Å². The fourth-order valence-corrected chi connectivity index (χ4v) is 3.74. The molecule has 162 valence electrons. The summed E-state index contributed by atoms with van der Waals surface area (Å²) in [6, 6.07) is 18.9. The van der Waals surface area contributed by atoms with Crippen LogP contribution in [0.2, 0.25) is 0 Å². The standard InChI is InChI=1S/C27H19F5/c1-2-3-4-17-5-6-19-14-20(8-7-18(19)13-17)21-9-11-23(25(28)15-21)22-10-12-24(26(29)16-22)27(30,31)32/h2,5-16H,1,3-4H2. The van der Waals surface area contributed by atoms with Crippen molar-refractivity contribution in [3.63, 3.8) is 0 Å². The SMILES string of the molecule is C=CCCc1ccc2cc(-c3ccc(-c4ccc(C(F)(F)F)c(F)c4)c(F)c3)ccc2c1. The number of aryl methyl sites for hydroxylation is 1. The first-order valence-electron chi connectivity index (χ1n) is 10.1. The van der Waals surface area contributed by atoms with E-state index >= 15 is 0 Å². The van der Waals surface area contributed by atoms with Crippen LogP contribution >= 0.6 is 0 Å². The highest BCUT2D eigenvalue weighted by molar-refractivity contribution is 5.88. The Morgan fingerprint density at radius 3 is 2.00 bits per heavy atom. The Morgan fingerprint density at radius 1 is 0.688 bits per heavy atom. The van der Waals surface area contributed by atoms with Gasteiger partial charge >= 0.3 is 6.18 Å². The number of hydrogen-bond donors (Lipinski definition) is 0. The Kier molecular flexibility index (Phi) is 5.83. The zero-order valence-electron chi connectivity index (χ0n) is 17.0. The molecule has 4 aromatic carbocycles. The second-order valence-electron chi connectivity index (χ2n) is 7.61. The lowest BCUT2D eigenvalue weighted by molar-refractivity contribution is -0.139. The van der Waals surface area contributed by atoms with Gasteiger partial charge < -0.3 is 0 Å². The van der Waals surface area contributed by atoms with Crippen LogP contribution in [-0.4, -0.2) is 0 Å². The zero-order chi connectivity index (χ0) is 22.9. The summed E-state index contributed by atoms with van der Waals surface area (Å²) in [5.74, 6) is -2.07. The quantitative estimate of drug-likeness (QED) is 0.216. The van der Waals surface area contributed by atoms with Crippen molar-refractivity contribution in [2.75, 3.05) is 0 Å². The van der Waals surface area contributed by atoms with Gasteiger partial charge in [0, 0.05) is 5.56 Å². The maximum absolute atomic E-state index is 14.8. The third kappa shape index (κ3) is 4.42. The molecule has 0 aliphatic heterocycles. The monoisotopic (exact) mass is 438 g/mol. The van der Waals surface area contributed by atoms with Crippen LogP contribution in [0.1, 0.15) is 17.5 Å². The van der Waals surface area contributed by atoms with Gasteiger partial charge in [-0.05, 0) is 70.1 Å². The molecule has 0 aliphatic carbocycles. The Morgan fingerprint density at radius 2 is 1.31 bits per heavy atom. The molecule has 0 spiro atoms. The number of halogens is 5. The first-order chi connectivity index (χ1) is 15.3. The van der Waals surface area contributed by atoms with Crippen LogP contribution in [-0.2, 0) is 12.6 Å². The average Bonchev–Trinajstić information content (AvgIpc) is 2.76. The molecule has 0 amide bonds. The lowest BCUT2D eigenvalue weighted by atomic mass is 9.96. The van der Waals surface area contributed by atoms with Gasteiger partial charge in [-0.25, -0.2) is 8.78 Å². The molecule has 0 unspecified atom stereocenters. The number of benzene rings is 4. The Hall–Kier alpha value is -3.47. The van der Waals surface area contributed by atoms with E-state index in [-0.39, 0.29) is 11.1 Å². The highest BCUT2D eigenvalue weighted by Gasteiger charge is 2.34. The molecule has 0 N–H and O–H groups in total. The summed E-state index contributed by atoms with van der Waals surface area (Å²) < 4.78 is 67.0. The lowest BCUT2D eigenvalue weighted by Gasteiger charge is -2.11. The van der Waals surface area contributed by atoms with Crippen molar-refractivity contribution >= 4 is 10.8 Å². The van der Waals surface area contributed by atoms with Gasteiger partial charge in [-0.1, -0.05) is 54.6 Å². The van der Waals surface area contributed by atoms with Gasteiger partial charge in [-0.15, -0.1) is 6.58 Å². The summed E-state index contributed by atoms with van der Waals surface area (Å²) >= 11 is 0. The van der Waals surface area contributed by atoms with Gasteiger partial charge in [-0.3, -0.25) is 0 Å². The van der Waals surface area contributed by atoms with Crippen molar-refractivity contribution in [2.24, 2.45) is 0 Å². The second kappa shape index (κ2) is 8.58. The molecule has 0 bridgehead atoms. The van der Waals surface area contributed by atoms with Crippen molar-refractivity contribution in [2.45, 2.75) is 19.0 Å². The first kappa shape index (κ1) is 21.8. The van der Waals surface area contributed by atoms with Crippen molar-refractivity contribution in [3.8, 4) is 22.3 Å². The topological polar surface area (TPSA) is 0 Å². The minimum Gasteiger partial charge on any atom is -0.206 e. The van der Waals surface area contributed by atoms with Gasteiger partial charge in [-0.2, -0.15) is 13.2 Å². The van der Waals surface area contributed by atoms with Gasteiger partial charge in [0.05, 0.1) is 5.56 Å². The molecule has 32 heavy (non-hydrogen) atoms. The molecule has 0 fully saturated rings. The highest BCUT2D eigenvalue weighted by atomic mass is 19.4. The van der Waals surface area contributed by atoms with Gasteiger partial charge in [0.15, 0.2) is 0 Å². The van der Waals surface area contributed by atoms with E-state index in [9.17, 15) is 22.0 Å². The fraction of sp³-hybridized carbons (Fsp3) is 0.111. The predicted octanol–water partition coefficient (Wildman–Crippen LogP) is 8.59. The molecule has 0 saturated carbocycles. The Bertz CT molecular complexity index is 1300. The third-order valence-corrected chi connectivity index (χ3v) is 5.43. The van der Waals surface area contributed by atoms with Crippen LogP contribution in [0.4, 0.5) is 22.0 Å². The molecule has 4 aromatic rings. The Balaban J connectivity index is 1.65.